The smallest absolute Gasteiger partial charge is 0.328 e. The molecule has 20 nitrogen and oxygen atoms in total. The molecule has 4 N–H and O–H groups in total. The minimum Gasteiger partial charge on any atom is -0.467 e. The Balaban J connectivity index is 3.56. The Kier molecular flexibility index (Phi) is 32.5. The summed E-state index contributed by atoms with van der Waals surface area (Å²) in [5.41, 5.74) is 0. The van der Waals surface area contributed by atoms with E-state index in [4.69, 9.17) is 18.9 Å². The number of nitrogens with one attached hydrogen (secondary N) is 4. The molecule has 0 unspecified atom stereocenters. The first-order chi connectivity index (χ1) is 30.7. The maximum Gasteiger partial charge on any atom is 0.328 e. The number of carbonyl (C=O) groups excluding carboxylic acids is 8. The normalized spacial score (nSPS) is 16.6. The van der Waals surface area contributed by atoms with Crippen molar-refractivity contribution in [1.29, 1.82) is 0 Å². The molecule has 0 aliphatic carbocycles. The molecule has 64 heavy (non-hydrogen) atoms. The summed E-state index contributed by atoms with van der Waals surface area (Å²) < 4.78 is 19.8. The fraction of sp³-hybridized carbons (Fsp3) is 0.800. The van der Waals surface area contributed by atoms with Crippen molar-refractivity contribution >= 4 is 94.6 Å². The number of hydrogen-bond acceptors (Lipinski definition) is 20. The van der Waals surface area contributed by atoms with Gasteiger partial charge < -0.3 is 40.2 Å². The Bertz CT molecular complexity index is 1230. The molecule has 0 saturated carbocycles. The third kappa shape index (κ3) is 25.1. The van der Waals surface area contributed by atoms with Gasteiger partial charge in [0.05, 0.1) is 54.6 Å². The Morgan fingerprint density at radius 3 is 0.688 bits per heavy atom. The van der Waals surface area contributed by atoms with E-state index in [-0.39, 0.29) is 78.5 Å². The second-order valence-electron chi connectivity index (χ2n) is 14.8. The first kappa shape index (κ1) is 59.0. The van der Waals surface area contributed by atoms with E-state index in [2.05, 4.69) is 21.3 Å². The van der Waals surface area contributed by atoms with Gasteiger partial charge in [-0.3, -0.25) is 38.8 Å². The first-order valence-electron chi connectivity index (χ1n) is 21.0. The molecule has 24 heteroatoms. The van der Waals surface area contributed by atoms with E-state index in [0.717, 1.165) is 0 Å². The van der Waals surface area contributed by atoms with Crippen LogP contribution in [0.25, 0.3) is 0 Å². The van der Waals surface area contributed by atoms with Crippen LogP contribution in [0.1, 0.15) is 25.7 Å². The van der Waals surface area contributed by atoms with E-state index >= 15 is 0 Å². The summed E-state index contributed by atoms with van der Waals surface area (Å²) in [6.07, 6.45) is 9.06. The Hall–Kier alpha value is -3.00. The van der Waals surface area contributed by atoms with Crippen LogP contribution in [-0.2, 0) is 57.3 Å². The first-order valence-corrected chi connectivity index (χ1v) is 26.6. The summed E-state index contributed by atoms with van der Waals surface area (Å²) in [4.78, 5) is 112. The number of rotatable bonds is 28. The van der Waals surface area contributed by atoms with Crippen LogP contribution in [0.2, 0.25) is 0 Å². The van der Waals surface area contributed by atoms with Crippen molar-refractivity contribution in [1.82, 2.24) is 40.9 Å². The molecule has 0 aromatic heterocycles. The summed E-state index contributed by atoms with van der Waals surface area (Å²) in [6, 6.07) is -3.40. The lowest BCUT2D eigenvalue weighted by Crippen LogP contribution is -2.54. The highest BCUT2D eigenvalue weighted by atomic mass is 32.2. The van der Waals surface area contributed by atoms with Crippen molar-refractivity contribution in [3.05, 3.63) is 0 Å². The van der Waals surface area contributed by atoms with Crippen molar-refractivity contribution in [2.45, 2.75) is 49.9 Å². The fourth-order valence-corrected chi connectivity index (χ4v) is 8.38. The molecule has 0 spiro atoms. The van der Waals surface area contributed by atoms with Gasteiger partial charge in [-0.1, -0.05) is 0 Å². The number of hydrogen-bond donors (Lipinski definition) is 4. The minimum absolute atomic E-state index is 0.116. The molecule has 368 valence electrons. The van der Waals surface area contributed by atoms with E-state index in [1.54, 1.807) is 0 Å². The molecular formula is C40H72N8O12S4. The number of amides is 4. The van der Waals surface area contributed by atoms with Crippen molar-refractivity contribution < 1.29 is 57.3 Å². The highest BCUT2D eigenvalue weighted by Crippen LogP contribution is 2.08. The molecule has 1 aliphatic rings. The van der Waals surface area contributed by atoms with Crippen molar-refractivity contribution in [2.24, 2.45) is 0 Å². The van der Waals surface area contributed by atoms with Crippen LogP contribution in [0.15, 0.2) is 0 Å². The van der Waals surface area contributed by atoms with E-state index < -0.39 is 71.7 Å². The molecule has 4 atom stereocenters. The third-order valence-electron chi connectivity index (χ3n) is 10.1. The lowest BCUT2D eigenvalue weighted by molar-refractivity contribution is -0.145. The van der Waals surface area contributed by atoms with Gasteiger partial charge in [-0.15, -0.1) is 0 Å². The average molecular weight is 985 g/mol. The molecule has 1 heterocycles. The molecule has 0 aromatic rings. The Labute approximate surface area is 395 Å². The lowest BCUT2D eigenvalue weighted by atomic mass is 10.2. The van der Waals surface area contributed by atoms with Crippen LogP contribution in [0.3, 0.4) is 0 Å². The quantitative estimate of drug-likeness (QED) is 0.0536. The SMILES string of the molecule is COC(=O)[C@@H](CCSC)NC(=O)CN1CCN(CC(=O)N[C@H](CCSC)C(=O)OC)CCN(CC(=O)N[C@H](CCSC)C(=O)OC)CCN(CC(=O)N[C@H](CCSC)C(=O)OC)CC1. The van der Waals surface area contributed by atoms with Crippen LogP contribution in [0.4, 0.5) is 0 Å². The molecular weight excluding hydrogens is 913 g/mol. The van der Waals surface area contributed by atoms with Gasteiger partial charge in [-0.25, -0.2) is 19.2 Å². The highest BCUT2D eigenvalue weighted by molar-refractivity contribution is 7.99. The van der Waals surface area contributed by atoms with Gasteiger partial charge in [-0.05, 0) is 73.7 Å². The van der Waals surface area contributed by atoms with E-state index in [0.29, 0.717) is 48.7 Å². The maximum atomic E-state index is 13.6. The highest BCUT2D eigenvalue weighted by Gasteiger charge is 2.28. The summed E-state index contributed by atoms with van der Waals surface area (Å²) in [5, 5.41) is 11.2. The van der Waals surface area contributed by atoms with E-state index in [1.165, 1.54) is 75.5 Å². The summed E-state index contributed by atoms with van der Waals surface area (Å²) in [6.45, 7) is 1.74. The number of thioether (sulfide) groups is 4. The predicted octanol–water partition coefficient (Wildman–Crippen LogP) is -1.15. The van der Waals surface area contributed by atoms with E-state index in [9.17, 15) is 38.4 Å². The van der Waals surface area contributed by atoms with E-state index in [1.807, 2.05) is 44.6 Å². The van der Waals surface area contributed by atoms with Gasteiger partial charge in [-0.2, -0.15) is 47.0 Å². The van der Waals surface area contributed by atoms with Crippen molar-refractivity contribution in [2.75, 3.05) is 155 Å². The monoisotopic (exact) mass is 984 g/mol. The van der Waals surface area contributed by atoms with Crippen LogP contribution in [0, 0.1) is 0 Å². The number of esters is 4. The van der Waals surface area contributed by atoms with Crippen LogP contribution in [0.5, 0.6) is 0 Å². The molecule has 1 rings (SSSR count). The second kappa shape index (κ2) is 35.2. The van der Waals surface area contributed by atoms with Gasteiger partial charge >= 0.3 is 23.9 Å². The fourth-order valence-electron chi connectivity index (χ4n) is 6.49. The molecule has 0 aromatic carbocycles. The molecule has 1 aliphatic heterocycles. The molecule has 1 fully saturated rings. The average Bonchev–Trinajstić information content (AvgIpc) is 3.28. The Morgan fingerprint density at radius 2 is 0.547 bits per heavy atom. The van der Waals surface area contributed by atoms with Crippen LogP contribution in [-0.4, -0.2) is 246 Å². The number of methoxy groups -OCH3 is 4. The zero-order valence-corrected chi connectivity index (χ0v) is 42.0. The topological polar surface area (TPSA) is 235 Å². The number of nitrogens with zero attached hydrogens (tertiary/aromatic N) is 4. The van der Waals surface area contributed by atoms with Crippen LogP contribution >= 0.6 is 47.0 Å². The van der Waals surface area contributed by atoms with Gasteiger partial charge in [0.2, 0.25) is 23.6 Å². The largest absolute Gasteiger partial charge is 0.467 e. The maximum absolute atomic E-state index is 13.6. The molecule has 0 radical (unpaired) electrons. The number of ether oxygens (including phenoxy) is 4. The van der Waals surface area contributed by atoms with Gasteiger partial charge in [0.15, 0.2) is 0 Å². The third-order valence-corrected chi connectivity index (χ3v) is 12.7. The Morgan fingerprint density at radius 1 is 0.375 bits per heavy atom. The molecule has 0 bridgehead atoms. The second-order valence-corrected chi connectivity index (χ2v) is 18.7. The summed E-state index contributed by atoms with van der Waals surface area (Å²) >= 11 is 6.12. The van der Waals surface area contributed by atoms with Gasteiger partial charge in [0.1, 0.15) is 24.2 Å². The van der Waals surface area contributed by atoms with Crippen molar-refractivity contribution in [3.8, 4) is 0 Å². The zero-order chi connectivity index (χ0) is 47.9. The lowest BCUT2D eigenvalue weighted by Gasteiger charge is -2.34. The molecule has 4 amide bonds. The van der Waals surface area contributed by atoms with Crippen molar-refractivity contribution in [3.63, 3.8) is 0 Å². The number of carbonyl (C=O) groups is 8. The predicted molar refractivity (Wildman–Crippen MR) is 254 cm³/mol. The zero-order valence-electron chi connectivity index (χ0n) is 38.8. The summed E-state index contributed by atoms with van der Waals surface area (Å²) in [5.74, 6) is -1.45. The van der Waals surface area contributed by atoms with Gasteiger partial charge in [0.25, 0.3) is 0 Å². The van der Waals surface area contributed by atoms with Gasteiger partial charge in [0, 0.05) is 52.4 Å². The minimum atomic E-state index is -0.850. The summed E-state index contributed by atoms with van der Waals surface area (Å²) in [7, 11) is 5.05. The van der Waals surface area contributed by atoms with Crippen LogP contribution < -0.4 is 21.3 Å². The molecule has 1 saturated heterocycles. The standard InChI is InChI=1S/C40H72N8O12S4/c1-57-37(53)29(9-21-61-5)41-33(49)25-45-13-15-46(26-34(50)42-30(10-22-62-6)38(54)58-2)17-19-48(28-36(52)44-32(12-24-64-8)40(56)60-4)20-18-47(16-14-45)27-35(51)43-31(11-23-63-7)39(55)59-3/h29-32H,9-28H2,1-8H3,(H,41,49)(H,42,50)(H,43,51)(H,44,52)/t29-,30-,31-,32-/m1/s1.